The zero-order chi connectivity index (χ0) is 15.9. The molecule has 22 heavy (non-hydrogen) atoms. The van der Waals surface area contributed by atoms with Crippen LogP contribution in [0.15, 0.2) is 30.3 Å². The molecular formula is C16H16ClN3O2. The molecule has 1 aromatic heterocycles. The Kier molecular flexibility index (Phi) is 5.45. The van der Waals surface area contributed by atoms with E-state index in [0.29, 0.717) is 28.9 Å². The van der Waals surface area contributed by atoms with Crippen molar-refractivity contribution in [1.29, 1.82) is 5.26 Å². The number of hydrogen-bond acceptors (Lipinski definition) is 5. The van der Waals surface area contributed by atoms with Gasteiger partial charge < -0.3 is 14.8 Å². The number of rotatable bonds is 6. The molecule has 0 fully saturated rings. The van der Waals surface area contributed by atoms with Crippen LogP contribution in [0.1, 0.15) is 11.3 Å². The molecule has 0 bridgehead atoms. The van der Waals surface area contributed by atoms with Crippen LogP contribution in [0.2, 0.25) is 5.02 Å². The molecule has 2 rings (SSSR count). The first-order valence-corrected chi connectivity index (χ1v) is 7.07. The van der Waals surface area contributed by atoms with Gasteiger partial charge in [0.05, 0.1) is 19.2 Å². The summed E-state index contributed by atoms with van der Waals surface area (Å²) in [5, 5.41) is 12.4. The third-order valence-corrected chi connectivity index (χ3v) is 3.42. The molecule has 0 radical (unpaired) electrons. The maximum absolute atomic E-state index is 8.90. The summed E-state index contributed by atoms with van der Waals surface area (Å²) in [5.41, 5.74) is 1.33. The Bertz CT molecular complexity index is 698. The van der Waals surface area contributed by atoms with Crippen LogP contribution >= 0.6 is 11.6 Å². The molecule has 0 atom stereocenters. The Morgan fingerprint density at radius 1 is 1.18 bits per heavy atom. The predicted octanol–water partition coefficient (Wildman–Crippen LogP) is 3.28. The molecule has 1 aromatic carbocycles. The Labute approximate surface area is 134 Å². The van der Waals surface area contributed by atoms with Gasteiger partial charge >= 0.3 is 0 Å². The number of methoxy groups -OCH3 is 2. The number of ether oxygens (including phenoxy) is 2. The van der Waals surface area contributed by atoms with Gasteiger partial charge in [-0.1, -0.05) is 17.7 Å². The molecule has 0 unspecified atom stereocenters. The van der Waals surface area contributed by atoms with Crippen molar-refractivity contribution >= 4 is 17.4 Å². The first-order valence-electron chi connectivity index (χ1n) is 6.69. The second-order valence-electron chi connectivity index (χ2n) is 4.50. The highest BCUT2D eigenvalue weighted by molar-refractivity contribution is 6.31. The lowest BCUT2D eigenvalue weighted by atomic mass is 10.1. The summed E-state index contributed by atoms with van der Waals surface area (Å²) in [5.74, 6) is 2.04. The van der Waals surface area contributed by atoms with Crippen molar-refractivity contribution in [3.8, 4) is 17.6 Å². The number of pyridine rings is 1. The number of nitriles is 1. The molecule has 1 heterocycles. The highest BCUT2D eigenvalue weighted by atomic mass is 35.5. The maximum atomic E-state index is 8.90. The summed E-state index contributed by atoms with van der Waals surface area (Å²) in [6.45, 7) is 0.676. The molecule has 0 saturated heterocycles. The van der Waals surface area contributed by atoms with Gasteiger partial charge in [0.25, 0.3) is 0 Å². The van der Waals surface area contributed by atoms with E-state index in [9.17, 15) is 0 Å². The number of halogens is 1. The average Bonchev–Trinajstić information content (AvgIpc) is 2.56. The first-order chi connectivity index (χ1) is 10.7. The lowest BCUT2D eigenvalue weighted by molar-refractivity contribution is 0.354. The number of benzene rings is 1. The molecule has 5 nitrogen and oxygen atoms in total. The number of nitrogens with one attached hydrogen (secondary N) is 1. The summed E-state index contributed by atoms with van der Waals surface area (Å²) in [6, 6.07) is 11.2. The topological polar surface area (TPSA) is 67.2 Å². The average molecular weight is 318 g/mol. The van der Waals surface area contributed by atoms with Gasteiger partial charge in [0.1, 0.15) is 11.9 Å². The van der Waals surface area contributed by atoms with Crippen LogP contribution in [0.5, 0.6) is 11.5 Å². The third-order valence-electron chi connectivity index (χ3n) is 3.12. The van der Waals surface area contributed by atoms with E-state index in [1.54, 1.807) is 26.4 Å². The third kappa shape index (κ3) is 3.80. The van der Waals surface area contributed by atoms with Gasteiger partial charge in [-0.2, -0.15) is 5.26 Å². The van der Waals surface area contributed by atoms with Crippen LogP contribution in [0.4, 0.5) is 5.82 Å². The van der Waals surface area contributed by atoms with Crippen molar-refractivity contribution < 1.29 is 9.47 Å². The Morgan fingerprint density at radius 3 is 2.64 bits per heavy atom. The van der Waals surface area contributed by atoms with Gasteiger partial charge in [-0.15, -0.1) is 0 Å². The lowest BCUT2D eigenvalue weighted by Gasteiger charge is -2.10. The van der Waals surface area contributed by atoms with Gasteiger partial charge in [0.2, 0.25) is 0 Å². The van der Waals surface area contributed by atoms with E-state index in [4.69, 9.17) is 26.3 Å². The minimum Gasteiger partial charge on any atom is -0.493 e. The molecule has 0 saturated carbocycles. The number of anilines is 1. The highest BCUT2D eigenvalue weighted by Gasteiger charge is 2.05. The smallest absolute Gasteiger partial charge is 0.161 e. The molecule has 0 spiro atoms. The standard InChI is InChI=1S/C16H16ClN3O2/c1-21-14-5-3-11(9-15(14)22-2)7-8-19-16-6-4-12(17)13(10-18)20-16/h3-6,9H,7-8H2,1-2H3,(H,19,20). The zero-order valence-corrected chi connectivity index (χ0v) is 13.1. The largest absolute Gasteiger partial charge is 0.493 e. The van der Waals surface area contributed by atoms with E-state index >= 15 is 0 Å². The monoisotopic (exact) mass is 317 g/mol. The van der Waals surface area contributed by atoms with Crippen LogP contribution in [-0.2, 0) is 6.42 Å². The Balaban J connectivity index is 1.98. The molecule has 0 aliphatic rings. The quantitative estimate of drug-likeness (QED) is 0.885. The van der Waals surface area contributed by atoms with Crippen molar-refractivity contribution in [3.05, 3.63) is 46.6 Å². The van der Waals surface area contributed by atoms with Gasteiger partial charge in [0.15, 0.2) is 17.2 Å². The number of nitrogens with zero attached hydrogens (tertiary/aromatic N) is 2. The van der Waals surface area contributed by atoms with Crippen LogP contribution in [0.25, 0.3) is 0 Å². The van der Waals surface area contributed by atoms with E-state index in [1.807, 2.05) is 24.3 Å². The molecule has 6 heteroatoms. The van der Waals surface area contributed by atoms with E-state index in [1.165, 1.54) is 0 Å². The van der Waals surface area contributed by atoms with E-state index in [-0.39, 0.29) is 5.69 Å². The molecule has 0 amide bonds. The number of hydrogen-bond donors (Lipinski definition) is 1. The summed E-state index contributed by atoms with van der Waals surface area (Å²) in [6.07, 6.45) is 0.784. The minimum absolute atomic E-state index is 0.220. The fourth-order valence-electron chi connectivity index (χ4n) is 1.99. The Hall–Kier alpha value is -2.45. The van der Waals surface area contributed by atoms with Gasteiger partial charge in [-0.05, 0) is 36.2 Å². The van der Waals surface area contributed by atoms with Crippen molar-refractivity contribution in [1.82, 2.24) is 4.98 Å². The fraction of sp³-hybridized carbons (Fsp3) is 0.250. The van der Waals surface area contributed by atoms with Crippen molar-refractivity contribution in [3.63, 3.8) is 0 Å². The van der Waals surface area contributed by atoms with Gasteiger partial charge in [0, 0.05) is 6.54 Å². The van der Waals surface area contributed by atoms with E-state index in [0.717, 1.165) is 12.0 Å². The fourth-order valence-corrected chi connectivity index (χ4v) is 2.14. The second-order valence-corrected chi connectivity index (χ2v) is 4.91. The molecule has 2 aromatic rings. The first kappa shape index (κ1) is 15.9. The van der Waals surface area contributed by atoms with Crippen LogP contribution < -0.4 is 14.8 Å². The van der Waals surface area contributed by atoms with Crippen molar-refractivity contribution in [2.24, 2.45) is 0 Å². The van der Waals surface area contributed by atoms with Crippen molar-refractivity contribution in [2.45, 2.75) is 6.42 Å². The molecule has 1 N–H and O–H groups in total. The van der Waals surface area contributed by atoms with Crippen LogP contribution in [-0.4, -0.2) is 25.7 Å². The van der Waals surface area contributed by atoms with E-state index < -0.39 is 0 Å². The molecular weight excluding hydrogens is 302 g/mol. The molecule has 0 aliphatic heterocycles. The van der Waals surface area contributed by atoms with E-state index in [2.05, 4.69) is 10.3 Å². The number of aromatic nitrogens is 1. The van der Waals surface area contributed by atoms with Crippen LogP contribution in [0.3, 0.4) is 0 Å². The lowest BCUT2D eigenvalue weighted by Crippen LogP contribution is -2.07. The minimum atomic E-state index is 0.220. The predicted molar refractivity (Wildman–Crippen MR) is 85.7 cm³/mol. The Morgan fingerprint density at radius 2 is 1.95 bits per heavy atom. The molecule has 114 valence electrons. The normalized spacial score (nSPS) is 9.91. The summed E-state index contributed by atoms with van der Waals surface area (Å²) in [4.78, 5) is 4.13. The summed E-state index contributed by atoms with van der Waals surface area (Å²) in [7, 11) is 3.22. The van der Waals surface area contributed by atoms with Gasteiger partial charge in [-0.25, -0.2) is 4.98 Å². The maximum Gasteiger partial charge on any atom is 0.161 e. The SMILES string of the molecule is COc1ccc(CCNc2ccc(Cl)c(C#N)n2)cc1OC. The van der Waals surface area contributed by atoms with Gasteiger partial charge in [-0.3, -0.25) is 0 Å². The highest BCUT2D eigenvalue weighted by Crippen LogP contribution is 2.27. The van der Waals surface area contributed by atoms with Crippen molar-refractivity contribution in [2.75, 3.05) is 26.1 Å². The summed E-state index contributed by atoms with van der Waals surface area (Å²) < 4.78 is 10.5. The molecule has 0 aliphatic carbocycles. The van der Waals surface area contributed by atoms with Crippen LogP contribution in [0, 0.1) is 11.3 Å². The zero-order valence-electron chi connectivity index (χ0n) is 12.4. The second kappa shape index (κ2) is 7.53. The summed E-state index contributed by atoms with van der Waals surface area (Å²) >= 11 is 5.85.